The summed E-state index contributed by atoms with van der Waals surface area (Å²) < 4.78 is 5.73. The normalized spacial score (nSPS) is 16.5. The second-order valence-electron chi connectivity index (χ2n) is 6.10. The molecule has 0 aliphatic heterocycles. The molecular weight excluding hydrogens is 292 g/mol. The lowest BCUT2D eigenvalue weighted by atomic mass is 9.94. The second-order valence-corrected chi connectivity index (χ2v) is 6.10. The highest BCUT2D eigenvalue weighted by atomic mass is 16.5. The van der Waals surface area contributed by atoms with Crippen LogP contribution in [0, 0.1) is 0 Å². The van der Waals surface area contributed by atoms with E-state index in [4.69, 9.17) is 4.74 Å². The van der Waals surface area contributed by atoms with Crippen LogP contribution in [0.25, 0.3) is 0 Å². The molecule has 1 unspecified atom stereocenters. The zero-order chi connectivity index (χ0) is 16.8. The Morgan fingerprint density at radius 2 is 1.78 bits per heavy atom. The SMILES string of the molecule is CNC(=O)c1ccc(OC(C)C(=O)N(C)C2CCCCC2)cc1. The monoisotopic (exact) mass is 318 g/mol. The molecule has 5 nitrogen and oxygen atoms in total. The topological polar surface area (TPSA) is 58.6 Å². The summed E-state index contributed by atoms with van der Waals surface area (Å²) in [6.07, 6.45) is 5.28. The van der Waals surface area contributed by atoms with Gasteiger partial charge in [0.05, 0.1) is 0 Å². The molecule has 23 heavy (non-hydrogen) atoms. The largest absolute Gasteiger partial charge is 0.481 e. The first kappa shape index (κ1) is 17.3. The maximum atomic E-state index is 12.5. The van der Waals surface area contributed by atoms with Crippen molar-refractivity contribution in [3.8, 4) is 5.75 Å². The van der Waals surface area contributed by atoms with E-state index < -0.39 is 6.10 Å². The van der Waals surface area contributed by atoms with Crippen molar-refractivity contribution in [3.05, 3.63) is 29.8 Å². The molecule has 1 aliphatic rings. The van der Waals surface area contributed by atoms with E-state index in [2.05, 4.69) is 5.32 Å². The number of benzene rings is 1. The molecule has 1 saturated carbocycles. The first-order valence-corrected chi connectivity index (χ1v) is 8.28. The van der Waals surface area contributed by atoms with E-state index >= 15 is 0 Å². The highest BCUT2D eigenvalue weighted by molar-refractivity contribution is 5.94. The minimum absolute atomic E-state index is 0.00674. The quantitative estimate of drug-likeness (QED) is 0.908. The van der Waals surface area contributed by atoms with Gasteiger partial charge in [0.2, 0.25) is 0 Å². The Bertz CT molecular complexity index is 536. The third-order valence-electron chi connectivity index (χ3n) is 4.47. The maximum Gasteiger partial charge on any atom is 0.263 e. The second kappa shape index (κ2) is 7.99. The highest BCUT2D eigenvalue weighted by Crippen LogP contribution is 2.23. The van der Waals surface area contributed by atoms with Crippen molar-refractivity contribution >= 4 is 11.8 Å². The van der Waals surface area contributed by atoms with Crippen LogP contribution in [0.4, 0.5) is 0 Å². The molecule has 1 fully saturated rings. The molecule has 2 amide bonds. The number of nitrogens with zero attached hydrogens (tertiary/aromatic N) is 1. The first-order valence-electron chi connectivity index (χ1n) is 8.28. The third-order valence-corrected chi connectivity index (χ3v) is 4.47. The fourth-order valence-electron chi connectivity index (χ4n) is 3.02. The molecule has 5 heteroatoms. The number of carbonyl (C=O) groups excluding carboxylic acids is 2. The van der Waals surface area contributed by atoms with Crippen molar-refractivity contribution in [3.63, 3.8) is 0 Å². The molecule has 0 saturated heterocycles. The van der Waals surface area contributed by atoms with Gasteiger partial charge in [-0.1, -0.05) is 19.3 Å². The van der Waals surface area contributed by atoms with E-state index in [9.17, 15) is 9.59 Å². The van der Waals surface area contributed by atoms with Crippen LogP contribution < -0.4 is 10.1 Å². The molecule has 2 rings (SSSR count). The van der Waals surface area contributed by atoms with Crippen LogP contribution in [-0.2, 0) is 4.79 Å². The molecule has 0 bridgehead atoms. The molecule has 126 valence electrons. The van der Waals surface area contributed by atoms with Gasteiger partial charge in [-0.2, -0.15) is 0 Å². The molecule has 0 heterocycles. The maximum absolute atomic E-state index is 12.5. The van der Waals surface area contributed by atoms with Crippen molar-refractivity contribution in [1.82, 2.24) is 10.2 Å². The molecule has 1 atom stereocenters. The van der Waals surface area contributed by atoms with Crippen LogP contribution in [0.5, 0.6) is 5.75 Å². The highest BCUT2D eigenvalue weighted by Gasteiger charge is 2.26. The number of rotatable bonds is 5. The van der Waals surface area contributed by atoms with Crippen molar-refractivity contribution in [2.24, 2.45) is 0 Å². The first-order chi connectivity index (χ1) is 11.0. The summed E-state index contributed by atoms with van der Waals surface area (Å²) in [4.78, 5) is 25.8. The summed E-state index contributed by atoms with van der Waals surface area (Å²) in [6, 6.07) is 7.15. The van der Waals surface area contributed by atoms with Gasteiger partial charge < -0.3 is 15.0 Å². The number of carbonyl (C=O) groups is 2. The number of nitrogens with one attached hydrogen (secondary N) is 1. The van der Waals surface area contributed by atoms with Gasteiger partial charge in [0, 0.05) is 25.7 Å². The van der Waals surface area contributed by atoms with Gasteiger partial charge in [-0.25, -0.2) is 0 Å². The summed E-state index contributed by atoms with van der Waals surface area (Å²) >= 11 is 0. The van der Waals surface area contributed by atoms with E-state index in [1.807, 2.05) is 11.9 Å². The van der Waals surface area contributed by atoms with E-state index in [1.165, 1.54) is 19.3 Å². The lowest BCUT2D eigenvalue weighted by Gasteiger charge is -2.32. The summed E-state index contributed by atoms with van der Waals surface area (Å²) in [5, 5.41) is 2.57. The van der Waals surface area contributed by atoms with Crippen molar-refractivity contribution in [2.45, 2.75) is 51.2 Å². The minimum atomic E-state index is -0.534. The molecule has 0 radical (unpaired) electrons. The number of hydrogen-bond acceptors (Lipinski definition) is 3. The predicted molar refractivity (Wildman–Crippen MR) is 89.6 cm³/mol. The number of likely N-dealkylation sites (N-methyl/N-ethyl adjacent to an activating group) is 1. The Kier molecular flexibility index (Phi) is 6.02. The zero-order valence-electron chi connectivity index (χ0n) is 14.2. The molecule has 1 aliphatic carbocycles. The summed E-state index contributed by atoms with van der Waals surface area (Å²) in [7, 11) is 3.46. The van der Waals surface area contributed by atoms with E-state index in [0.717, 1.165) is 12.8 Å². The summed E-state index contributed by atoms with van der Waals surface area (Å²) in [5.74, 6) is 0.459. The Balaban J connectivity index is 1.93. The van der Waals surface area contributed by atoms with Gasteiger partial charge in [-0.15, -0.1) is 0 Å². The van der Waals surface area contributed by atoms with Crippen LogP contribution in [0.2, 0.25) is 0 Å². The Morgan fingerprint density at radius 3 is 2.35 bits per heavy atom. The molecule has 1 aromatic rings. The van der Waals surface area contributed by atoms with Gasteiger partial charge in [0.25, 0.3) is 11.8 Å². The fourth-order valence-corrected chi connectivity index (χ4v) is 3.02. The van der Waals surface area contributed by atoms with E-state index in [-0.39, 0.29) is 11.8 Å². The van der Waals surface area contributed by atoms with Crippen LogP contribution in [-0.4, -0.2) is 43.0 Å². The standard InChI is InChI=1S/C18H26N2O3/c1-13(18(22)20(3)15-7-5-4-6-8-15)23-16-11-9-14(10-12-16)17(21)19-2/h9-13,15H,4-8H2,1-3H3,(H,19,21). The van der Waals surface area contributed by atoms with Crippen LogP contribution in [0.1, 0.15) is 49.4 Å². The van der Waals surface area contributed by atoms with Gasteiger partial charge in [-0.05, 0) is 44.0 Å². The number of hydrogen-bond donors (Lipinski definition) is 1. The van der Waals surface area contributed by atoms with Crippen LogP contribution >= 0.6 is 0 Å². The van der Waals surface area contributed by atoms with E-state index in [0.29, 0.717) is 17.4 Å². The Labute approximate surface area is 138 Å². The van der Waals surface area contributed by atoms with Crippen molar-refractivity contribution in [2.75, 3.05) is 14.1 Å². The van der Waals surface area contributed by atoms with Crippen LogP contribution in [0.15, 0.2) is 24.3 Å². The average molecular weight is 318 g/mol. The summed E-state index contributed by atoms with van der Waals surface area (Å²) in [5.41, 5.74) is 0.568. The molecule has 1 N–H and O–H groups in total. The zero-order valence-corrected chi connectivity index (χ0v) is 14.2. The number of ether oxygens (including phenoxy) is 1. The lowest BCUT2D eigenvalue weighted by Crippen LogP contribution is -2.44. The molecule has 1 aromatic carbocycles. The lowest BCUT2D eigenvalue weighted by molar-refractivity contribution is -0.139. The van der Waals surface area contributed by atoms with Gasteiger partial charge >= 0.3 is 0 Å². The van der Waals surface area contributed by atoms with Gasteiger partial charge in [0.15, 0.2) is 6.10 Å². The average Bonchev–Trinajstić information content (AvgIpc) is 2.61. The Morgan fingerprint density at radius 1 is 1.17 bits per heavy atom. The number of amides is 2. The minimum Gasteiger partial charge on any atom is -0.481 e. The molecule has 0 spiro atoms. The van der Waals surface area contributed by atoms with Crippen molar-refractivity contribution in [1.29, 1.82) is 0 Å². The third kappa shape index (κ3) is 4.47. The molecular formula is C18H26N2O3. The smallest absolute Gasteiger partial charge is 0.263 e. The van der Waals surface area contributed by atoms with Crippen molar-refractivity contribution < 1.29 is 14.3 Å². The molecule has 0 aromatic heterocycles. The predicted octanol–water partition coefficient (Wildman–Crippen LogP) is 2.60. The fraction of sp³-hybridized carbons (Fsp3) is 0.556. The summed E-state index contributed by atoms with van der Waals surface area (Å²) in [6.45, 7) is 1.77. The van der Waals surface area contributed by atoms with Gasteiger partial charge in [-0.3, -0.25) is 9.59 Å². The van der Waals surface area contributed by atoms with E-state index in [1.54, 1.807) is 38.2 Å². The van der Waals surface area contributed by atoms with Crippen LogP contribution in [0.3, 0.4) is 0 Å². The Hall–Kier alpha value is -2.04. The van der Waals surface area contributed by atoms with Gasteiger partial charge in [0.1, 0.15) is 5.75 Å².